The van der Waals surface area contributed by atoms with Crippen LogP contribution in [0, 0.1) is 0 Å². The Bertz CT molecular complexity index is 3350. The van der Waals surface area contributed by atoms with Gasteiger partial charge in [0.15, 0.2) is 5.84 Å². The summed E-state index contributed by atoms with van der Waals surface area (Å²) in [5.41, 5.74) is 15.1. The number of hydrogen-bond donors (Lipinski definition) is 0. The summed E-state index contributed by atoms with van der Waals surface area (Å²) < 4.78 is 6.44. The van der Waals surface area contributed by atoms with Gasteiger partial charge in [0.25, 0.3) is 0 Å². The SMILES string of the molecule is CC1=C(c2ccccc2)N=C(c2ccc3cc(-c4cccc5oc6ccc(-c7ccc8ccccc8c7)cc6c45)ccc3c2)N=C(c2cccc(-c3ccccc3)c2)C1. The normalized spacial score (nSPS) is 13.2. The van der Waals surface area contributed by atoms with Crippen molar-refractivity contribution < 1.29 is 4.42 Å². The molecule has 10 aromatic rings. The van der Waals surface area contributed by atoms with Crippen molar-refractivity contribution in [2.45, 2.75) is 13.3 Å². The average Bonchev–Trinajstić information content (AvgIpc) is 3.58. The quantitative estimate of drug-likeness (QED) is 0.167. The first kappa shape index (κ1) is 34.6. The molecule has 3 heteroatoms. The van der Waals surface area contributed by atoms with Gasteiger partial charge in [-0.2, -0.15) is 0 Å². The van der Waals surface area contributed by atoms with E-state index in [9.17, 15) is 0 Å². The summed E-state index contributed by atoms with van der Waals surface area (Å²) in [6.45, 7) is 2.18. The highest BCUT2D eigenvalue weighted by Crippen LogP contribution is 2.40. The van der Waals surface area contributed by atoms with Crippen LogP contribution in [0.15, 0.2) is 220 Å². The van der Waals surface area contributed by atoms with Crippen molar-refractivity contribution in [2.24, 2.45) is 9.98 Å². The van der Waals surface area contributed by atoms with Gasteiger partial charge in [-0.25, -0.2) is 9.98 Å². The van der Waals surface area contributed by atoms with Gasteiger partial charge < -0.3 is 4.42 Å². The highest BCUT2D eigenvalue weighted by atomic mass is 16.3. The molecular weight excluding hydrogens is 717 g/mol. The Morgan fingerprint density at radius 2 is 0.966 bits per heavy atom. The van der Waals surface area contributed by atoms with Crippen LogP contribution in [0.2, 0.25) is 0 Å². The second kappa shape index (κ2) is 14.4. The Morgan fingerprint density at radius 1 is 0.390 bits per heavy atom. The van der Waals surface area contributed by atoms with Gasteiger partial charge in [0.2, 0.25) is 0 Å². The maximum atomic E-state index is 6.44. The van der Waals surface area contributed by atoms with Crippen LogP contribution in [-0.2, 0) is 0 Å². The van der Waals surface area contributed by atoms with Crippen LogP contribution in [0.5, 0.6) is 0 Å². The summed E-state index contributed by atoms with van der Waals surface area (Å²) in [6, 6.07) is 71.2. The minimum Gasteiger partial charge on any atom is -0.456 e. The molecule has 0 unspecified atom stereocenters. The van der Waals surface area contributed by atoms with Gasteiger partial charge in [-0.15, -0.1) is 0 Å². The van der Waals surface area contributed by atoms with Crippen LogP contribution in [0.25, 0.3) is 82.6 Å². The molecule has 2 heterocycles. The van der Waals surface area contributed by atoms with Crippen LogP contribution in [0.4, 0.5) is 0 Å². The summed E-state index contributed by atoms with van der Waals surface area (Å²) in [7, 11) is 0. The monoisotopic (exact) mass is 754 g/mol. The highest BCUT2D eigenvalue weighted by Gasteiger charge is 2.19. The van der Waals surface area contributed by atoms with E-state index < -0.39 is 0 Å². The van der Waals surface area contributed by atoms with Crippen LogP contribution >= 0.6 is 0 Å². The molecule has 1 aliphatic rings. The zero-order chi connectivity index (χ0) is 39.3. The summed E-state index contributed by atoms with van der Waals surface area (Å²) in [5, 5.41) is 7.00. The van der Waals surface area contributed by atoms with Crippen LogP contribution in [0.3, 0.4) is 0 Å². The van der Waals surface area contributed by atoms with E-state index in [1.54, 1.807) is 0 Å². The van der Waals surface area contributed by atoms with Gasteiger partial charge in [-0.1, -0.05) is 158 Å². The Kier molecular flexibility index (Phi) is 8.45. The Balaban J connectivity index is 0.993. The van der Waals surface area contributed by atoms with Crippen LogP contribution in [-0.4, -0.2) is 11.5 Å². The second-order valence-electron chi connectivity index (χ2n) is 15.4. The third kappa shape index (κ3) is 6.43. The number of amidine groups is 1. The van der Waals surface area contributed by atoms with Gasteiger partial charge in [0.05, 0.1) is 11.4 Å². The number of fused-ring (bicyclic) bond motifs is 5. The van der Waals surface area contributed by atoms with Gasteiger partial charge >= 0.3 is 0 Å². The first-order valence-electron chi connectivity index (χ1n) is 20.2. The summed E-state index contributed by atoms with van der Waals surface area (Å²) in [6.07, 6.45) is 0.699. The molecule has 0 saturated carbocycles. The number of nitrogens with zero attached hydrogens (tertiary/aromatic N) is 2. The molecule has 0 atom stereocenters. The molecule has 0 spiro atoms. The van der Waals surface area contributed by atoms with Crippen LogP contribution < -0.4 is 0 Å². The molecule has 0 aliphatic carbocycles. The van der Waals surface area contributed by atoms with Crippen molar-refractivity contribution in [3.05, 3.63) is 222 Å². The lowest BCUT2D eigenvalue weighted by Crippen LogP contribution is -2.06. The molecule has 1 aliphatic heterocycles. The third-order valence-corrected chi connectivity index (χ3v) is 11.6. The molecular formula is C56H38N2O. The van der Waals surface area contributed by atoms with Crippen LogP contribution in [0.1, 0.15) is 30.0 Å². The molecule has 0 amide bonds. The zero-order valence-corrected chi connectivity index (χ0v) is 32.6. The lowest BCUT2D eigenvalue weighted by molar-refractivity contribution is 0.669. The minimum atomic E-state index is 0.699. The molecule has 0 saturated heterocycles. The maximum Gasteiger partial charge on any atom is 0.160 e. The van der Waals surface area contributed by atoms with Crippen molar-refractivity contribution >= 4 is 60.7 Å². The number of benzene rings is 9. The van der Waals surface area contributed by atoms with E-state index in [1.807, 2.05) is 6.07 Å². The molecule has 0 N–H and O–H groups in total. The van der Waals surface area contributed by atoms with E-state index >= 15 is 0 Å². The molecule has 0 radical (unpaired) electrons. The summed E-state index contributed by atoms with van der Waals surface area (Å²) in [4.78, 5) is 10.7. The van der Waals surface area contributed by atoms with Crippen molar-refractivity contribution in [1.82, 2.24) is 0 Å². The Morgan fingerprint density at radius 3 is 1.80 bits per heavy atom. The zero-order valence-electron chi connectivity index (χ0n) is 32.6. The fourth-order valence-corrected chi connectivity index (χ4v) is 8.61. The first-order chi connectivity index (χ1) is 29.1. The van der Waals surface area contributed by atoms with E-state index in [4.69, 9.17) is 14.4 Å². The Hall–Kier alpha value is -7.62. The number of allylic oxidation sites excluding steroid dienone is 1. The summed E-state index contributed by atoms with van der Waals surface area (Å²) in [5.74, 6) is 0.712. The van der Waals surface area contributed by atoms with Gasteiger partial charge in [-0.3, -0.25) is 0 Å². The fourth-order valence-electron chi connectivity index (χ4n) is 8.61. The summed E-state index contributed by atoms with van der Waals surface area (Å²) >= 11 is 0. The number of furan rings is 1. The third-order valence-electron chi connectivity index (χ3n) is 11.6. The smallest absolute Gasteiger partial charge is 0.160 e. The van der Waals surface area contributed by atoms with E-state index in [-0.39, 0.29) is 0 Å². The average molecular weight is 755 g/mol. The fraction of sp³-hybridized carbons (Fsp3) is 0.0357. The standard InChI is InChI=1S/C56H38N2O/c1-36-30-51(47-19-10-18-41(33-47)37-12-4-2-5-13-37)57-56(58-55(36)39-15-6-3-7-16-39)48-27-25-43-32-46(26-24-44(43)34-48)49-20-11-21-53-54(49)50-35-45(28-29-52(50)59-53)42-23-22-38-14-8-9-17-40(38)31-42/h2-29,31-35H,30H2,1H3. The molecule has 11 rings (SSSR count). The van der Waals surface area contributed by atoms with Crippen molar-refractivity contribution in [2.75, 3.05) is 0 Å². The predicted octanol–water partition coefficient (Wildman–Crippen LogP) is 15.0. The van der Waals surface area contributed by atoms with Crippen molar-refractivity contribution in [1.29, 1.82) is 0 Å². The van der Waals surface area contributed by atoms with E-state index in [1.165, 1.54) is 38.6 Å². The number of rotatable bonds is 6. The number of aliphatic imine (C=N–C) groups is 2. The maximum absolute atomic E-state index is 6.44. The molecule has 0 fully saturated rings. The number of hydrogen-bond acceptors (Lipinski definition) is 3. The molecule has 9 aromatic carbocycles. The Labute approximate surface area is 343 Å². The van der Waals surface area contributed by atoms with Crippen molar-refractivity contribution in [3.8, 4) is 33.4 Å². The highest BCUT2D eigenvalue weighted by molar-refractivity contribution is 6.17. The first-order valence-corrected chi connectivity index (χ1v) is 20.2. The largest absolute Gasteiger partial charge is 0.456 e. The van der Waals surface area contributed by atoms with Gasteiger partial charge in [0, 0.05) is 28.3 Å². The minimum absolute atomic E-state index is 0.699. The van der Waals surface area contributed by atoms with E-state index in [0.29, 0.717) is 12.3 Å². The molecule has 59 heavy (non-hydrogen) atoms. The van der Waals surface area contributed by atoms with E-state index in [2.05, 4.69) is 201 Å². The predicted molar refractivity (Wildman–Crippen MR) is 248 cm³/mol. The lowest BCUT2D eigenvalue weighted by atomic mass is 9.95. The van der Waals surface area contributed by atoms with E-state index in [0.717, 1.165) is 71.9 Å². The molecule has 3 nitrogen and oxygen atoms in total. The van der Waals surface area contributed by atoms with Gasteiger partial charge in [-0.05, 0) is 115 Å². The molecule has 1 aromatic heterocycles. The van der Waals surface area contributed by atoms with Gasteiger partial charge in [0.1, 0.15) is 11.2 Å². The molecule has 278 valence electrons. The molecule has 0 bridgehead atoms. The lowest BCUT2D eigenvalue weighted by Gasteiger charge is -2.10. The van der Waals surface area contributed by atoms with Crippen molar-refractivity contribution in [3.63, 3.8) is 0 Å². The second-order valence-corrected chi connectivity index (χ2v) is 15.4. The topological polar surface area (TPSA) is 37.9 Å².